The van der Waals surface area contributed by atoms with Crippen LogP contribution in [-0.2, 0) is 6.54 Å². The first-order valence-electron chi connectivity index (χ1n) is 7.45. The number of H-pyrrole nitrogens is 2. The molecular formula is C15H16Br2N6O. The molecule has 0 bridgehead atoms. The summed E-state index contributed by atoms with van der Waals surface area (Å²) in [5.41, 5.74) is 1.49. The van der Waals surface area contributed by atoms with Gasteiger partial charge in [-0.3, -0.25) is 14.9 Å². The lowest BCUT2D eigenvalue weighted by atomic mass is 10.2. The van der Waals surface area contributed by atoms with E-state index < -0.39 is 0 Å². The second kappa shape index (κ2) is 7.91. The van der Waals surface area contributed by atoms with Crippen molar-refractivity contribution >= 4 is 48.8 Å². The zero-order chi connectivity index (χ0) is 16.9. The van der Waals surface area contributed by atoms with Crippen molar-refractivity contribution in [3.8, 4) is 0 Å². The number of hydrogen-bond donors (Lipinski definition) is 4. The molecule has 0 spiro atoms. The largest absolute Gasteiger partial charge is 0.356 e. The minimum atomic E-state index is -0.199. The van der Waals surface area contributed by atoms with Gasteiger partial charge in [-0.15, -0.1) is 0 Å². The first-order valence-corrected chi connectivity index (χ1v) is 9.03. The van der Waals surface area contributed by atoms with Crippen LogP contribution in [0.25, 0.3) is 11.0 Å². The van der Waals surface area contributed by atoms with E-state index in [1.54, 1.807) is 0 Å². The second-order valence-electron chi connectivity index (χ2n) is 5.28. The Labute approximate surface area is 154 Å². The van der Waals surface area contributed by atoms with E-state index >= 15 is 0 Å². The molecule has 3 aromatic rings. The van der Waals surface area contributed by atoms with Gasteiger partial charge >= 0.3 is 0 Å². The molecule has 2 aromatic heterocycles. The van der Waals surface area contributed by atoms with Crippen LogP contribution in [0.1, 0.15) is 12.0 Å². The number of fused-ring (bicyclic) bond motifs is 1. The average Bonchev–Trinajstić information content (AvgIpc) is 2.99. The maximum Gasteiger partial charge on any atom is 0.263 e. The monoisotopic (exact) mass is 454 g/mol. The fraction of sp³-hybridized carbons (Fsp3) is 0.267. The van der Waals surface area contributed by atoms with Crippen LogP contribution in [0, 0.1) is 0 Å². The number of nitrogens with zero attached hydrogens (tertiary/aromatic N) is 2. The fourth-order valence-electron chi connectivity index (χ4n) is 2.29. The van der Waals surface area contributed by atoms with Crippen molar-refractivity contribution in [2.75, 3.05) is 18.4 Å². The van der Waals surface area contributed by atoms with Gasteiger partial charge in [0.1, 0.15) is 5.39 Å². The van der Waals surface area contributed by atoms with Gasteiger partial charge in [-0.2, -0.15) is 10.1 Å². The van der Waals surface area contributed by atoms with Gasteiger partial charge < -0.3 is 10.6 Å². The predicted molar refractivity (Wildman–Crippen MR) is 101 cm³/mol. The van der Waals surface area contributed by atoms with E-state index in [2.05, 4.69) is 74.8 Å². The number of benzene rings is 1. The Morgan fingerprint density at radius 3 is 2.71 bits per heavy atom. The number of anilines is 1. The van der Waals surface area contributed by atoms with Gasteiger partial charge in [-0.1, -0.05) is 31.9 Å². The summed E-state index contributed by atoms with van der Waals surface area (Å²) in [4.78, 5) is 18.8. The minimum Gasteiger partial charge on any atom is -0.356 e. The Kier molecular flexibility index (Phi) is 5.64. The SMILES string of the molecule is O=c1[nH]c(NCCCNCc2cc(Br)cc(Br)c2)nc2[nH]ncc12. The molecule has 126 valence electrons. The van der Waals surface area contributed by atoms with Crippen LogP contribution in [0.15, 0.2) is 38.1 Å². The lowest BCUT2D eigenvalue weighted by molar-refractivity contribution is 0.662. The van der Waals surface area contributed by atoms with Crippen molar-refractivity contribution in [1.29, 1.82) is 0 Å². The third kappa shape index (κ3) is 4.43. The van der Waals surface area contributed by atoms with Gasteiger partial charge in [0.2, 0.25) is 5.95 Å². The second-order valence-corrected chi connectivity index (χ2v) is 7.11. The summed E-state index contributed by atoms with van der Waals surface area (Å²) in [7, 11) is 0. The molecule has 0 radical (unpaired) electrons. The average molecular weight is 456 g/mol. The maximum atomic E-state index is 11.8. The molecule has 24 heavy (non-hydrogen) atoms. The van der Waals surface area contributed by atoms with Crippen LogP contribution in [0.5, 0.6) is 0 Å². The summed E-state index contributed by atoms with van der Waals surface area (Å²) in [5.74, 6) is 0.452. The zero-order valence-electron chi connectivity index (χ0n) is 12.7. The highest BCUT2D eigenvalue weighted by Crippen LogP contribution is 2.19. The smallest absolute Gasteiger partial charge is 0.263 e. The maximum absolute atomic E-state index is 11.8. The zero-order valence-corrected chi connectivity index (χ0v) is 15.9. The molecule has 3 rings (SSSR count). The summed E-state index contributed by atoms with van der Waals surface area (Å²) < 4.78 is 2.11. The normalized spacial score (nSPS) is 11.1. The third-order valence-electron chi connectivity index (χ3n) is 3.39. The van der Waals surface area contributed by atoms with E-state index in [9.17, 15) is 4.79 Å². The van der Waals surface area contributed by atoms with Crippen LogP contribution in [0.3, 0.4) is 0 Å². The molecule has 0 aliphatic rings. The Hall–Kier alpha value is -1.71. The number of rotatable bonds is 7. The molecule has 0 saturated heterocycles. The van der Waals surface area contributed by atoms with Crippen LogP contribution in [0.2, 0.25) is 0 Å². The first kappa shape index (κ1) is 17.1. The number of aromatic amines is 2. The lowest BCUT2D eigenvalue weighted by Gasteiger charge is -2.07. The molecule has 2 heterocycles. The molecule has 0 atom stereocenters. The first-order chi connectivity index (χ1) is 11.6. The third-order valence-corrected chi connectivity index (χ3v) is 4.31. The van der Waals surface area contributed by atoms with Gasteiger partial charge in [-0.25, -0.2) is 0 Å². The fourth-order valence-corrected chi connectivity index (χ4v) is 3.68. The van der Waals surface area contributed by atoms with Crippen LogP contribution >= 0.6 is 31.9 Å². The molecule has 0 fully saturated rings. The van der Waals surface area contributed by atoms with Crippen LogP contribution in [0.4, 0.5) is 5.95 Å². The molecule has 7 nitrogen and oxygen atoms in total. The summed E-state index contributed by atoms with van der Waals surface area (Å²) in [5, 5.41) is 13.5. The highest BCUT2D eigenvalue weighted by molar-refractivity contribution is 9.11. The molecule has 0 aliphatic heterocycles. The van der Waals surface area contributed by atoms with Crippen molar-refractivity contribution in [2.45, 2.75) is 13.0 Å². The van der Waals surface area contributed by atoms with Crippen molar-refractivity contribution in [1.82, 2.24) is 25.5 Å². The summed E-state index contributed by atoms with van der Waals surface area (Å²) in [6.07, 6.45) is 2.37. The van der Waals surface area contributed by atoms with Crippen molar-refractivity contribution < 1.29 is 0 Å². The number of nitrogens with one attached hydrogen (secondary N) is 4. The summed E-state index contributed by atoms with van der Waals surface area (Å²) >= 11 is 6.96. The minimum absolute atomic E-state index is 0.199. The predicted octanol–water partition coefficient (Wildman–Crippen LogP) is 2.76. The van der Waals surface area contributed by atoms with Crippen LogP contribution in [-0.4, -0.2) is 33.3 Å². The molecule has 0 amide bonds. The van der Waals surface area contributed by atoms with E-state index in [4.69, 9.17) is 0 Å². The van der Waals surface area contributed by atoms with E-state index in [0.717, 1.165) is 28.5 Å². The lowest BCUT2D eigenvalue weighted by Crippen LogP contribution is -2.19. The molecular weight excluding hydrogens is 440 g/mol. The van der Waals surface area contributed by atoms with Gasteiger partial charge in [0.15, 0.2) is 5.65 Å². The molecule has 1 aromatic carbocycles. The van der Waals surface area contributed by atoms with Gasteiger partial charge in [0.25, 0.3) is 5.56 Å². The molecule has 0 saturated carbocycles. The molecule has 4 N–H and O–H groups in total. The van der Waals surface area contributed by atoms with E-state index in [-0.39, 0.29) is 5.56 Å². The molecule has 0 aliphatic carbocycles. The van der Waals surface area contributed by atoms with Crippen molar-refractivity contribution in [3.05, 3.63) is 49.3 Å². The number of halogens is 2. The quantitative estimate of drug-likeness (QED) is 0.410. The van der Waals surface area contributed by atoms with Gasteiger partial charge in [-0.05, 0) is 36.7 Å². The van der Waals surface area contributed by atoms with Gasteiger partial charge in [0, 0.05) is 22.0 Å². The summed E-state index contributed by atoms with van der Waals surface area (Å²) in [6, 6.07) is 6.19. The van der Waals surface area contributed by atoms with E-state index in [1.807, 2.05) is 6.07 Å². The highest BCUT2D eigenvalue weighted by atomic mass is 79.9. The standard InChI is InChI=1S/C15H16Br2N6O/c16-10-4-9(5-11(17)6-10)7-18-2-1-3-19-15-21-13-12(8-20-23-13)14(24)22-15/h4-6,8,18H,1-3,7H2,(H3,19,20,21,22,23,24). The number of hydrogen-bond acceptors (Lipinski definition) is 5. The highest BCUT2D eigenvalue weighted by Gasteiger charge is 2.04. The van der Waals surface area contributed by atoms with E-state index in [0.29, 0.717) is 23.5 Å². The summed E-state index contributed by atoms with van der Waals surface area (Å²) in [6.45, 7) is 2.36. The molecule has 0 unspecified atom stereocenters. The Balaban J connectivity index is 1.42. The molecule has 9 heteroatoms. The van der Waals surface area contributed by atoms with Gasteiger partial charge in [0.05, 0.1) is 6.20 Å². The van der Waals surface area contributed by atoms with Crippen LogP contribution < -0.4 is 16.2 Å². The van der Waals surface area contributed by atoms with Crippen molar-refractivity contribution in [3.63, 3.8) is 0 Å². The Bertz CT molecular complexity index is 871. The van der Waals surface area contributed by atoms with E-state index in [1.165, 1.54) is 11.8 Å². The number of aromatic nitrogens is 4. The Morgan fingerprint density at radius 2 is 1.92 bits per heavy atom. The Morgan fingerprint density at radius 1 is 1.12 bits per heavy atom. The topological polar surface area (TPSA) is 98.5 Å². The van der Waals surface area contributed by atoms with Crippen molar-refractivity contribution in [2.24, 2.45) is 0 Å².